The molecule has 0 fully saturated rings. The molecule has 0 aliphatic rings. The standard InChI is InChI=1S/C16H15ClF5N3OS/c1-9-24-13(14(18)19)12(17)15(25-9)23-6-7-26-10-2-4-11(5-3-10)27-8-16(20,21)22/h2-5,14H,6-8H2,1H3,(H,23,24,25). The van der Waals surface area contributed by atoms with Crippen molar-refractivity contribution in [3.8, 4) is 5.75 Å². The number of halogens is 6. The summed E-state index contributed by atoms with van der Waals surface area (Å²) in [6.45, 7) is 1.87. The molecule has 0 amide bonds. The van der Waals surface area contributed by atoms with Crippen LogP contribution in [0.5, 0.6) is 5.75 Å². The first-order chi connectivity index (χ1) is 12.7. The Bertz CT molecular complexity index is 759. The van der Waals surface area contributed by atoms with E-state index in [4.69, 9.17) is 16.3 Å². The molecule has 0 saturated heterocycles. The molecule has 0 saturated carbocycles. The summed E-state index contributed by atoms with van der Waals surface area (Å²) < 4.78 is 67.7. The van der Waals surface area contributed by atoms with Gasteiger partial charge >= 0.3 is 6.18 Å². The van der Waals surface area contributed by atoms with Gasteiger partial charge in [-0.05, 0) is 31.2 Å². The maximum Gasteiger partial charge on any atom is 0.398 e. The van der Waals surface area contributed by atoms with Crippen molar-refractivity contribution < 1.29 is 26.7 Å². The third kappa shape index (κ3) is 7.02. The van der Waals surface area contributed by atoms with Crippen LogP contribution in [0, 0.1) is 6.92 Å². The molecule has 1 aromatic heterocycles. The highest BCUT2D eigenvalue weighted by Crippen LogP contribution is 2.30. The van der Waals surface area contributed by atoms with Gasteiger partial charge in [-0.3, -0.25) is 0 Å². The Morgan fingerprint density at radius 2 is 1.85 bits per heavy atom. The van der Waals surface area contributed by atoms with Crippen molar-refractivity contribution in [2.75, 3.05) is 24.2 Å². The number of anilines is 1. The summed E-state index contributed by atoms with van der Waals surface area (Å²) in [6, 6.07) is 6.16. The average Bonchev–Trinajstić information content (AvgIpc) is 2.59. The van der Waals surface area contributed by atoms with Crippen LogP contribution in [-0.4, -0.2) is 35.0 Å². The summed E-state index contributed by atoms with van der Waals surface area (Å²) in [6.07, 6.45) is -7.04. The molecule has 0 aliphatic heterocycles. The number of benzene rings is 1. The van der Waals surface area contributed by atoms with Crippen LogP contribution in [0.4, 0.5) is 27.8 Å². The number of rotatable bonds is 8. The summed E-state index contributed by atoms with van der Waals surface area (Å²) in [7, 11) is 0. The SMILES string of the molecule is Cc1nc(NCCOc2ccc(SCC(F)(F)F)cc2)c(Cl)c(C(F)F)n1. The predicted octanol–water partition coefficient (Wildman–Crippen LogP) is 5.52. The lowest BCUT2D eigenvalue weighted by Gasteiger charge is -2.12. The fourth-order valence-corrected chi connectivity index (χ4v) is 2.87. The van der Waals surface area contributed by atoms with Crippen molar-refractivity contribution >= 4 is 29.2 Å². The van der Waals surface area contributed by atoms with E-state index in [1.807, 2.05) is 0 Å². The monoisotopic (exact) mass is 427 g/mol. The van der Waals surface area contributed by atoms with Crippen molar-refractivity contribution in [3.05, 3.63) is 40.8 Å². The highest BCUT2D eigenvalue weighted by atomic mass is 35.5. The summed E-state index contributed by atoms with van der Waals surface area (Å²) >= 11 is 6.55. The third-order valence-corrected chi connectivity index (χ3v) is 4.53. The topological polar surface area (TPSA) is 47.0 Å². The van der Waals surface area contributed by atoms with Crippen LogP contribution in [0.25, 0.3) is 0 Å². The van der Waals surface area contributed by atoms with Crippen LogP contribution < -0.4 is 10.1 Å². The molecule has 148 valence electrons. The molecule has 0 unspecified atom stereocenters. The molecule has 0 aliphatic carbocycles. The molecule has 11 heteroatoms. The Morgan fingerprint density at radius 3 is 2.44 bits per heavy atom. The van der Waals surface area contributed by atoms with Crippen molar-refractivity contribution in [3.63, 3.8) is 0 Å². The first-order valence-electron chi connectivity index (χ1n) is 7.64. The Balaban J connectivity index is 1.83. The summed E-state index contributed by atoms with van der Waals surface area (Å²) in [5.41, 5.74) is -0.542. The van der Waals surface area contributed by atoms with Gasteiger partial charge in [0.05, 0.1) is 12.3 Å². The minimum Gasteiger partial charge on any atom is -0.492 e. The summed E-state index contributed by atoms with van der Waals surface area (Å²) in [5.74, 6) is -0.255. The Hall–Kier alpha value is -1.81. The first-order valence-corrected chi connectivity index (χ1v) is 9.00. The zero-order chi connectivity index (χ0) is 20.0. The van der Waals surface area contributed by atoms with E-state index < -0.39 is 24.0 Å². The highest BCUT2D eigenvalue weighted by molar-refractivity contribution is 7.99. The lowest BCUT2D eigenvalue weighted by molar-refractivity contribution is -0.105. The number of nitrogens with one attached hydrogen (secondary N) is 1. The zero-order valence-electron chi connectivity index (χ0n) is 14.0. The summed E-state index contributed by atoms with van der Waals surface area (Å²) in [4.78, 5) is 8.06. The molecule has 2 aromatic rings. The molecule has 0 radical (unpaired) electrons. The van der Waals surface area contributed by atoms with Gasteiger partial charge in [0.2, 0.25) is 0 Å². The van der Waals surface area contributed by atoms with Gasteiger partial charge in [-0.2, -0.15) is 13.2 Å². The van der Waals surface area contributed by atoms with Crippen molar-refractivity contribution in [2.24, 2.45) is 0 Å². The zero-order valence-corrected chi connectivity index (χ0v) is 15.6. The molecular formula is C16H15ClF5N3OS. The number of hydrogen-bond acceptors (Lipinski definition) is 5. The van der Waals surface area contributed by atoms with Crippen LogP contribution in [0.2, 0.25) is 5.02 Å². The van der Waals surface area contributed by atoms with Crippen LogP contribution in [0.1, 0.15) is 17.9 Å². The average molecular weight is 428 g/mol. The lowest BCUT2D eigenvalue weighted by atomic mass is 10.3. The van der Waals surface area contributed by atoms with E-state index >= 15 is 0 Å². The minimum atomic E-state index is -4.23. The first kappa shape index (κ1) is 21.5. The van der Waals surface area contributed by atoms with Gasteiger partial charge < -0.3 is 10.1 Å². The number of thioether (sulfide) groups is 1. The van der Waals surface area contributed by atoms with Crippen LogP contribution in [0.15, 0.2) is 29.2 Å². The normalized spacial score (nSPS) is 11.7. The van der Waals surface area contributed by atoms with E-state index in [1.54, 1.807) is 12.1 Å². The number of aryl methyl sites for hydroxylation is 1. The molecular weight excluding hydrogens is 413 g/mol. The fourth-order valence-electron chi connectivity index (χ4n) is 1.98. The molecule has 2 rings (SSSR count). The molecule has 0 spiro atoms. The summed E-state index contributed by atoms with van der Waals surface area (Å²) in [5, 5.41) is 2.55. The predicted molar refractivity (Wildman–Crippen MR) is 93.9 cm³/mol. The minimum absolute atomic E-state index is 0.0852. The number of alkyl halides is 5. The number of hydrogen-bond donors (Lipinski definition) is 1. The fraction of sp³-hybridized carbons (Fsp3) is 0.375. The second kappa shape index (κ2) is 9.41. The van der Waals surface area contributed by atoms with Crippen LogP contribution in [0.3, 0.4) is 0 Å². The van der Waals surface area contributed by atoms with Crippen molar-refractivity contribution in [1.82, 2.24) is 9.97 Å². The highest BCUT2D eigenvalue weighted by Gasteiger charge is 2.27. The van der Waals surface area contributed by atoms with E-state index in [9.17, 15) is 22.0 Å². The smallest absolute Gasteiger partial charge is 0.398 e. The van der Waals surface area contributed by atoms with E-state index in [0.717, 1.165) is 0 Å². The molecule has 1 N–H and O–H groups in total. The second-order valence-corrected chi connectivity index (χ2v) is 6.70. The van der Waals surface area contributed by atoms with Crippen molar-refractivity contribution in [1.29, 1.82) is 0 Å². The largest absolute Gasteiger partial charge is 0.492 e. The maximum atomic E-state index is 12.9. The quantitative estimate of drug-likeness (QED) is 0.341. The lowest BCUT2D eigenvalue weighted by Crippen LogP contribution is -2.14. The second-order valence-electron chi connectivity index (χ2n) is 5.27. The molecule has 1 heterocycles. The van der Waals surface area contributed by atoms with Gasteiger partial charge in [0.1, 0.15) is 34.7 Å². The molecule has 1 aromatic carbocycles. The van der Waals surface area contributed by atoms with Gasteiger partial charge in [0, 0.05) is 4.90 Å². The molecule has 27 heavy (non-hydrogen) atoms. The number of ether oxygens (including phenoxy) is 1. The van der Waals surface area contributed by atoms with E-state index in [-0.39, 0.29) is 29.8 Å². The Kier molecular flexibility index (Phi) is 7.49. The van der Waals surface area contributed by atoms with E-state index in [2.05, 4.69) is 15.3 Å². The van der Waals surface area contributed by atoms with Gasteiger partial charge in [-0.1, -0.05) is 11.6 Å². The van der Waals surface area contributed by atoms with E-state index in [1.165, 1.54) is 19.1 Å². The van der Waals surface area contributed by atoms with Gasteiger partial charge in [0.25, 0.3) is 6.43 Å². The Labute approximate surface area is 161 Å². The number of nitrogens with zero attached hydrogens (tertiary/aromatic N) is 2. The van der Waals surface area contributed by atoms with Crippen LogP contribution in [-0.2, 0) is 0 Å². The number of aromatic nitrogens is 2. The maximum absolute atomic E-state index is 12.9. The van der Waals surface area contributed by atoms with Gasteiger partial charge in [-0.25, -0.2) is 18.7 Å². The molecule has 4 nitrogen and oxygen atoms in total. The molecule has 0 bridgehead atoms. The van der Waals surface area contributed by atoms with Crippen molar-refractivity contribution in [2.45, 2.75) is 24.4 Å². The third-order valence-electron chi connectivity index (χ3n) is 3.08. The van der Waals surface area contributed by atoms with E-state index in [0.29, 0.717) is 22.4 Å². The van der Waals surface area contributed by atoms with Gasteiger partial charge in [0.15, 0.2) is 0 Å². The molecule has 0 atom stereocenters. The van der Waals surface area contributed by atoms with Crippen LogP contribution >= 0.6 is 23.4 Å². The Morgan fingerprint density at radius 1 is 1.19 bits per heavy atom. The van der Waals surface area contributed by atoms with Gasteiger partial charge in [-0.15, -0.1) is 11.8 Å².